The van der Waals surface area contributed by atoms with Crippen LogP contribution < -0.4 is 11.1 Å². The number of amides is 1. The Morgan fingerprint density at radius 3 is 2.35 bits per heavy atom. The molecule has 0 heterocycles. The summed E-state index contributed by atoms with van der Waals surface area (Å²) in [5.41, 5.74) is 8.89. The summed E-state index contributed by atoms with van der Waals surface area (Å²) in [4.78, 5) is 11.8. The maximum atomic E-state index is 11.8. The highest BCUT2D eigenvalue weighted by Gasteiger charge is 2.20. The van der Waals surface area contributed by atoms with Crippen LogP contribution >= 0.6 is 0 Å². The summed E-state index contributed by atoms with van der Waals surface area (Å²) in [5.74, 6) is -0.430. The van der Waals surface area contributed by atoms with Gasteiger partial charge in [0, 0.05) is 11.7 Å². The molecule has 0 unspecified atom stereocenters. The van der Waals surface area contributed by atoms with Gasteiger partial charge in [0.25, 0.3) is 5.91 Å². The van der Waals surface area contributed by atoms with Gasteiger partial charge in [0.15, 0.2) is 0 Å². The Morgan fingerprint density at radius 2 is 1.70 bits per heavy atom. The maximum Gasteiger partial charge on any atom is 0.250 e. The molecule has 0 bridgehead atoms. The lowest BCUT2D eigenvalue weighted by Gasteiger charge is -2.27. The molecule has 0 spiro atoms. The van der Waals surface area contributed by atoms with E-state index in [1.54, 1.807) is 0 Å². The fourth-order valence-corrected chi connectivity index (χ4v) is 3.12. The van der Waals surface area contributed by atoms with Crippen molar-refractivity contribution < 1.29 is 9.90 Å². The van der Waals surface area contributed by atoms with Crippen LogP contribution in [0.5, 0.6) is 0 Å². The first kappa shape index (κ1) is 15.6. The number of rotatable bonds is 4. The first-order chi connectivity index (χ1) is 11.1. The van der Waals surface area contributed by atoms with Crippen molar-refractivity contribution in [1.29, 1.82) is 0 Å². The van der Waals surface area contributed by atoms with E-state index >= 15 is 0 Å². The van der Waals surface area contributed by atoms with E-state index in [-0.39, 0.29) is 12.1 Å². The van der Waals surface area contributed by atoms with Gasteiger partial charge in [0.2, 0.25) is 0 Å². The average molecular weight is 310 g/mol. The van der Waals surface area contributed by atoms with E-state index in [1.165, 1.54) is 0 Å². The molecule has 3 rings (SSSR count). The molecule has 23 heavy (non-hydrogen) atoms. The van der Waals surface area contributed by atoms with E-state index in [9.17, 15) is 9.90 Å². The molecular weight excluding hydrogens is 288 g/mol. The molecule has 0 radical (unpaired) electrons. The number of nitrogens with two attached hydrogens (primary N) is 1. The van der Waals surface area contributed by atoms with Crippen LogP contribution in [-0.2, 0) is 0 Å². The number of carbonyl (C=O) groups excluding carboxylic acids is 1. The topological polar surface area (TPSA) is 75.4 Å². The molecule has 4 nitrogen and oxygen atoms in total. The largest absolute Gasteiger partial charge is 0.393 e. The quantitative estimate of drug-likeness (QED) is 0.812. The van der Waals surface area contributed by atoms with Gasteiger partial charge in [-0.25, -0.2) is 0 Å². The van der Waals surface area contributed by atoms with E-state index in [0.717, 1.165) is 42.5 Å². The molecule has 120 valence electrons. The number of benzene rings is 2. The Balaban J connectivity index is 1.84. The van der Waals surface area contributed by atoms with Crippen LogP contribution in [0.15, 0.2) is 48.5 Å². The lowest BCUT2D eigenvalue weighted by molar-refractivity contribution is 0.100. The molecule has 4 heteroatoms. The van der Waals surface area contributed by atoms with Crippen LogP contribution in [0.3, 0.4) is 0 Å². The molecule has 2 aromatic carbocycles. The molecule has 0 atom stereocenters. The summed E-state index contributed by atoms with van der Waals surface area (Å²) in [6, 6.07) is 16.0. The third-order valence-corrected chi connectivity index (χ3v) is 4.45. The van der Waals surface area contributed by atoms with Gasteiger partial charge in [-0.3, -0.25) is 4.79 Å². The van der Waals surface area contributed by atoms with Crippen molar-refractivity contribution in [2.75, 3.05) is 5.32 Å². The second-order valence-corrected chi connectivity index (χ2v) is 6.14. The number of nitrogens with one attached hydrogen (secondary N) is 1. The summed E-state index contributed by atoms with van der Waals surface area (Å²) < 4.78 is 0. The van der Waals surface area contributed by atoms with Crippen molar-refractivity contribution in [2.45, 2.75) is 37.8 Å². The highest BCUT2D eigenvalue weighted by atomic mass is 16.3. The molecule has 1 fully saturated rings. The minimum Gasteiger partial charge on any atom is -0.393 e. The van der Waals surface area contributed by atoms with Gasteiger partial charge < -0.3 is 16.2 Å². The summed E-state index contributed by atoms with van der Waals surface area (Å²) in [6.07, 6.45) is 3.21. The van der Waals surface area contributed by atoms with Gasteiger partial charge >= 0.3 is 0 Å². The molecule has 1 amide bonds. The number of anilines is 1. The number of aliphatic hydroxyl groups excluding tert-OH is 1. The van der Waals surface area contributed by atoms with Crippen molar-refractivity contribution in [1.82, 2.24) is 0 Å². The van der Waals surface area contributed by atoms with E-state index in [0.29, 0.717) is 5.56 Å². The van der Waals surface area contributed by atoms with Crippen LogP contribution in [0.2, 0.25) is 0 Å². The summed E-state index contributed by atoms with van der Waals surface area (Å²) in [7, 11) is 0. The van der Waals surface area contributed by atoms with E-state index < -0.39 is 5.91 Å². The standard InChI is InChI=1S/C19H22N2O2/c20-19(23)17-12-14(13-4-2-1-3-5-13)6-11-18(17)21-15-7-9-16(22)10-8-15/h1-6,11-12,15-16,21-22H,7-10H2,(H2,20,23). The highest BCUT2D eigenvalue weighted by molar-refractivity contribution is 5.99. The normalized spacial score (nSPS) is 20.9. The van der Waals surface area contributed by atoms with E-state index in [1.807, 2.05) is 48.5 Å². The smallest absolute Gasteiger partial charge is 0.250 e. The lowest BCUT2D eigenvalue weighted by atomic mass is 9.92. The molecule has 0 aliphatic heterocycles. The summed E-state index contributed by atoms with van der Waals surface area (Å²) in [6.45, 7) is 0. The van der Waals surface area contributed by atoms with Crippen LogP contribution in [0.4, 0.5) is 5.69 Å². The van der Waals surface area contributed by atoms with Crippen molar-refractivity contribution in [2.24, 2.45) is 5.73 Å². The van der Waals surface area contributed by atoms with Crippen LogP contribution in [0, 0.1) is 0 Å². The van der Waals surface area contributed by atoms with Crippen molar-refractivity contribution >= 4 is 11.6 Å². The molecule has 1 aliphatic rings. The Kier molecular flexibility index (Phi) is 4.63. The summed E-state index contributed by atoms with van der Waals surface area (Å²) in [5, 5.41) is 13.0. The second-order valence-electron chi connectivity index (χ2n) is 6.14. The number of hydrogen-bond acceptors (Lipinski definition) is 3. The molecule has 0 saturated heterocycles. The van der Waals surface area contributed by atoms with Crippen molar-refractivity contribution in [3.8, 4) is 11.1 Å². The molecule has 1 aliphatic carbocycles. The fourth-order valence-electron chi connectivity index (χ4n) is 3.12. The number of aliphatic hydroxyl groups is 1. The maximum absolute atomic E-state index is 11.8. The zero-order valence-corrected chi connectivity index (χ0v) is 13.0. The molecule has 2 aromatic rings. The van der Waals surface area contributed by atoms with E-state index in [4.69, 9.17) is 5.73 Å². The first-order valence-electron chi connectivity index (χ1n) is 8.07. The van der Waals surface area contributed by atoms with E-state index in [2.05, 4.69) is 5.32 Å². The fraction of sp³-hybridized carbons (Fsp3) is 0.316. The SMILES string of the molecule is NC(=O)c1cc(-c2ccccc2)ccc1NC1CCC(O)CC1. The Bertz CT molecular complexity index is 677. The van der Waals surface area contributed by atoms with Crippen LogP contribution in [0.25, 0.3) is 11.1 Å². The van der Waals surface area contributed by atoms with Gasteiger partial charge in [-0.15, -0.1) is 0 Å². The van der Waals surface area contributed by atoms with Gasteiger partial charge in [-0.2, -0.15) is 0 Å². The van der Waals surface area contributed by atoms with Crippen LogP contribution in [0.1, 0.15) is 36.0 Å². The first-order valence-corrected chi connectivity index (χ1v) is 8.07. The number of primary amides is 1. The van der Waals surface area contributed by atoms with Crippen LogP contribution in [-0.4, -0.2) is 23.2 Å². The number of hydrogen-bond donors (Lipinski definition) is 3. The summed E-state index contributed by atoms with van der Waals surface area (Å²) >= 11 is 0. The molecule has 4 N–H and O–H groups in total. The average Bonchev–Trinajstić information content (AvgIpc) is 2.58. The third-order valence-electron chi connectivity index (χ3n) is 4.45. The molecule has 1 saturated carbocycles. The lowest BCUT2D eigenvalue weighted by Crippen LogP contribution is -2.29. The Morgan fingerprint density at radius 1 is 1.00 bits per heavy atom. The van der Waals surface area contributed by atoms with Gasteiger partial charge in [-0.05, 0) is 48.9 Å². The second kappa shape index (κ2) is 6.84. The minimum atomic E-state index is -0.430. The zero-order valence-electron chi connectivity index (χ0n) is 13.0. The van der Waals surface area contributed by atoms with Gasteiger partial charge in [0.05, 0.1) is 11.7 Å². The predicted octanol–water partition coefficient (Wildman–Crippen LogP) is 3.17. The van der Waals surface area contributed by atoms with Gasteiger partial charge in [0.1, 0.15) is 0 Å². The zero-order chi connectivity index (χ0) is 16.2. The third kappa shape index (κ3) is 3.71. The Labute approximate surface area is 136 Å². The Hall–Kier alpha value is -2.33. The van der Waals surface area contributed by atoms with Gasteiger partial charge in [-0.1, -0.05) is 36.4 Å². The molecule has 0 aromatic heterocycles. The minimum absolute atomic E-state index is 0.191. The monoisotopic (exact) mass is 310 g/mol. The molecular formula is C19H22N2O2. The number of carbonyl (C=O) groups is 1. The predicted molar refractivity (Wildman–Crippen MR) is 92.3 cm³/mol. The van der Waals surface area contributed by atoms with Crippen molar-refractivity contribution in [3.63, 3.8) is 0 Å². The van der Waals surface area contributed by atoms with Crippen molar-refractivity contribution in [3.05, 3.63) is 54.1 Å². The highest BCUT2D eigenvalue weighted by Crippen LogP contribution is 2.28.